The number of nitrogens with zero attached hydrogens (tertiary/aromatic N) is 2. The van der Waals surface area contributed by atoms with Crippen LogP contribution in [0.15, 0.2) is 0 Å². The number of hydrogen-bond acceptors (Lipinski definition) is 4. The highest BCUT2D eigenvalue weighted by Gasteiger charge is 2.47. The summed E-state index contributed by atoms with van der Waals surface area (Å²) in [6, 6.07) is -0.694. The van der Waals surface area contributed by atoms with E-state index in [0.717, 1.165) is 29.8 Å². The van der Waals surface area contributed by atoms with Crippen molar-refractivity contribution in [2.75, 3.05) is 5.75 Å². The molecule has 1 aliphatic heterocycles. The second-order valence-corrected chi connectivity index (χ2v) is 6.96. The van der Waals surface area contributed by atoms with Crippen molar-refractivity contribution < 1.29 is 14.7 Å². The van der Waals surface area contributed by atoms with Crippen molar-refractivity contribution in [2.24, 2.45) is 5.92 Å². The Kier molecular flexibility index (Phi) is 3.69. The molecule has 1 aliphatic carbocycles. The second kappa shape index (κ2) is 5.36. The Morgan fingerprint density at radius 2 is 2.14 bits per heavy atom. The molecule has 1 amide bonds. The van der Waals surface area contributed by atoms with Crippen LogP contribution in [0.1, 0.15) is 29.8 Å². The lowest BCUT2D eigenvalue weighted by atomic mass is 10.1. The van der Waals surface area contributed by atoms with Gasteiger partial charge in [-0.25, -0.2) is 4.79 Å². The first-order chi connectivity index (χ1) is 9.99. The van der Waals surface area contributed by atoms with Gasteiger partial charge in [-0.1, -0.05) is 0 Å². The minimum absolute atomic E-state index is 0.0334. The normalized spacial score (nSPS) is 25.3. The molecular weight excluding hydrogens is 290 g/mol. The first kappa shape index (κ1) is 14.4. The summed E-state index contributed by atoms with van der Waals surface area (Å²) in [6.07, 6.45) is 2.41. The number of thioether (sulfide) groups is 1. The Balaban J connectivity index is 1.81. The molecule has 1 saturated carbocycles. The van der Waals surface area contributed by atoms with Crippen LogP contribution in [0.5, 0.6) is 0 Å². The van der Waals surface area contributed by atoms with E-state index in [-0.39, 0.29) is 17.7 Å². The number of aromatic amines is 1. The van der Waals surface area contributed by atoms with Crippen LogP contribution in [0.4, 0.5) is 0 Å². The van der Waals surface area contributed by atoms with Crippen LogP contribution >= 0.6 is 11.8 Å². The van der Waals surface area contributed by atoms with E-state index in [2.05, 4.69) is 10.2 Å². The topological polar surface area (TPSA) is 86.3 Å². The quantitative estimate of drug-likeness (QED) is 0.876. The second-order valence-electron chi connectivity index (χ2n) is 5.81. The molecule has 6 nitrogen and oxygen atoms in total. The summed E-state index contributed by atoms with van der Waals surface area (Å²) >= 11 is 1.61. The average molecular weight is 309 g/mol. The van der Waals surface area contributed by atoms with E-state index in [4.69, 9.17) is 0 Å². The van der Waals surface area contributed by atoms with Gasteiger partial charge in [0.1, 0.15) is 6.04 Å². The molecule has 2 aliphatic rings. The molecule has 0 aromatic carbocycles. The van der Waals surface area contributed by atoms with Gasteiger partial charge >= 0.3 is 5.97 Å². The van der Waals surface area contributed by atoms with Crippen LogP contribution in [-0.2, 0) is 16.0 Å². The molecule has 2 heterocycles. The van der Waals surface area contributed by atoms with Crippen LogP contribution in [-0.4, -0.2) is 49.2 Å². The highest BCUT2D eigenvalue weighted by molar-refractivity contribution is 8.00. The summed E-state index contributed by atoms with van der Waals surface area (Å²) in [5.74, 6) is -0.0441. The number of carboxylic acids is 1. The van der Waals surface area contributed by atoms with Gasteiger partial charge in [-0.15, -0.1) is 11.8 Å². The average Bonchev–Trinajstić information content (AvgIpc) is 3.11. The van der Waals surface area contributed by atoms with Gasteiger partial charge in [0.15, 0.2) is 0 Å². The fourth-order valence-electron chi connectivity index (χ4n) is 2.86. The number of H-pyrrole nitrogens is 1. The van der Waals surface area contributed by atoms with E-state index in [1.54, 1.807) is 16.7 Å². The van der Waals surface area contributed by atoms with Crippen molar-refractivity contribution in [1.82, 2.24) is 15.1 Å². The molecule has 114 valence electrons. The predicted molar refractivity (Wildman–Crippen MR) is 79.0 cm³/mol. The predicted octanol–water partition coefficient (Wildman–Crippen LogP) is 1.33. The molecule has 0 radical (unpaired) electrons. The van der Waals surface area contributed by atoms with Crippen LogP contribution in [0.3, 0.4) is 0 Å². The highest BCUT2D eigenvalue weighted by atomic mass is 32.2. The number of carbonyl (C=O) groups is 2. The third-order valence-corrected chi connectivity index (χ3v) is 5.70. The molecule has 3 rings (SSSR count). The molecule has 1 aromatic rings. The van der Waals surface area contributed by atoms with Crippen molar-refractivity contribution in [3.8, 4) is 0 Å². The van der Waals surface area contributed by atoms with Crippen LogP contribution < -0.4 is 0 Å². The minimum Gasteiger partial charge on any atom is -0.480 e. The maximum atomic E-state index is 12.7. The SMILES string of the molecule is Cc1n[nH]c(C)c1CC(=O)N1C(C(=O)O)CSC1C1CC1. The van der Waals surface area contributed by atoms with Gasteiger partial charge in [0.2, 0.25) is 5.91 Å². The molecule has 21 heavy (non-hydrogen) atoms. The van der Waals surface area contributed by atoms with Gasteiger partial charge in [0, 0.05) is 17.0 Å². The summed E-state index contributed by atoms with van der Waals surface area (Å²) in [6.45, 7) is 3.74. The maximum absolute atomic E-state index is 12.7. The number of carbonyl (C=O) groups excluding carboxylic acids is 1. The Morgan fingerprint density at radius 3 is 2.67 bits per heavy atom. The van der Waals surface area contributed by atoms with Gasteiger partial charge in [-0.2, -0.15) is 5.10 Å². The molecule has 2 N–H and O–H groups in total. The number of aliphatic carboxylic acids is 1. The van der Waals surface area contributed by atoms with Crippen LogP contribution in [0.2, 0.25) is 0 Å². The lowest BCUT2D eigenvalue weighted by Crippen LogP contribution is -2.47. The summed E-state index contributed by atoms with van der Waals surface area (Å²) in [7, 11) is 0. The third kappa shape index (κ3) is 2.66. The van der Waals surface area contributed by atoms with E-state index in [1.807, 2.05) is 13.8 Å². The van der Waals surface area contributed by atoms with E-state index in [1.165, 1.54) is 0 Å². The van der Waals surface area contributed by atoms with Crippen molar-refractivity contribution in [3.05, 3.63) is 17.0 Å². The molecule has 0 bridgehead atoms. The molecule has 2 unspecified atom stereocenters. The number of aromatic nitrogens is 2. The zero-order chi connectivity index (χ0) is 15.1. The summed E-state index contributed by atoms with van der Waals surface area (Å²) in [5, 5.41) is 16.4. The monoisotopic (exact) mass is 309 g/mol. The molecule has 0 spiro atoms. The van der Waals surface area contributed by atoms with Crippen molar-refractivity contribution >= 4 is 23.6 Å². The molecule has 7 heteroatoms. The van der Waals surface area contributed by atoms with E-state index < -0.39 is 12.0 Å². The number of nitrogens with one attached hydrogen (secondary N) is 1. The summed E-state index contributed by atoms with van der Waals surface area (Å²) < 4.78 is 0. The Hall–Kier alpha value is -1.50. The van der Waals surface area contributed by atoms with Gasteiger partial charge in [0.25, 0.3) is 0 Å². The van der Waals surface area contributed by atoms with Gasteiger partial charge in [0.05, 0.1) is 17.5 Å². The number of rotatable bonds is 4. The Bertz CT molecular complexity index is 563. The lowest BCUT2D eigenvalue weighted by Gasteiger charge is -2.27. The fourth-order valence-corrected chi connectivity index (χ4v) is 4.51. The van der Waals surface area contributed by atoms with Gasteiger partial charge in [-0.3, -0.25) is 9.89 Å². The zero-order valence-electron chi connectivity index (χ0n) is 12.1. The van der Waals surface area contributed by atoms with Crippen LogP contribution in [0, 0.1) is 19.8 Å². The fraction of sp³-hybridized carbons (Fsp3) is 0.643. The zero-order valence-corrected chi connectivity index (χ0v) is 12.9. The third-order valence-electron chi connectivity index (χ3n) is 4.24. The number of hydrogen-bond donors (Lipinski definition) is 2. The van der Waals surface area contributed by atoms with E-state index >= 15 is 0 Å². The van der Waals surface area contributed by atoms with E-state index in [0.29, 0.717) is 11.7 Å². The van der Waals surface area contributed by atoms with Crippen molar-refractivity contribution in [3.63, 3.8) is 0 Å². The molecular formula is C14H19N3O3S. The first-order valence-electron chi connectivity index (χ1n) is 7.15. The van der Waals surface area contributed by atoms with Gasteiger partial charge in [-0.05, 0) is 32.6 Å². The Morgan fingerprint density at radius 1 is 1.43 bits per heavy atom. The van der Waals surface area contributed by atoms with Crippen molar-refractivity contribution in [2.45, 2.75) is 44.5 Å². The first-order valence-corrected chi connectivity index (χ1v) is 8.20. The van der Waals surface area contributed by atoms with Crippen molar-refractivity contribution in [1.29, 1.82) is 0 Å². The smallest absolute Gasteiger partial charge is 0.327 e. The van der Waals surface area contributed by atoms with Gasteiger partial charge < -0.3 is 10.0 Å². The largest absolute Gasteiger partial charge is 0.480 e. The molecule has 2 atom stereocenters. The lowest BCUT2D eigenvalue weighted by molar-refractivity contribution is -0.149. The van der Waals surface area contributed by atoms with E-state index in [9.17, 15) is 14.7 Å². The summed E-state index contributed by atoms with van der Waals surface area (Å²) in [5.41, 5.74) is 2.57. The standard InChI is InChI=1S/C14H19N3O3S/c1-7-10(8(2)16-15-7)5-12(18)17-11(14(19)20)6-21-13(17)9-3-4-9/h9,11,13H,3-6H2,1-2H3,(H,15,16)(H,19,20). The molecule has 2 fully saturated rings. The Labute approximate surface area is 127 Å². The maximum Gasteiger partial charge on any atom is 0.327 e. The number of aryl methyl sites for hydroxylation is 2. The number of amides is 1. The molecule has 1 saturated heterocycles. The number of carboxylic acid groups (broad SMARTS) is 1. The summed E-state index contributed by atoms with van der Waals surface area (Å²) in [4.78, 5) is 25.7. The van der Waals surface area contributed by atoms with Crippen LogP contribution in [0.25, 0.3) is 0 Å². The highest BCUT2D eigenvalue weighted by Crippen LogP contribution is 2.45. The molecule has 1 aromatic heterocycles. The minimum atomic E-state index is -0.903.